The highest BCUT2D eigenvalue weighted by atomic mass is 16.5. The molecule has 0 fully saturated rings. The van der Waals surface area contributed by atoms with Gasteiger partial charge in [0.1, 0.15) is 42.0 Å². The van der Waals surface area contributed by atoms with Gasteiger partial charge < -0.3 is 24.6 Å². The van der Waals surface area contributed by atoms with Crippen molar-refractivity contribution in [3.8, 4) is 28.5 Å². The van der Waals surface area contributed by atoms with Crippen LogP contribution in [-0.2, 0) is 17.8 Å². The molecule has 0 amide bonds. The van der Waals surface area contributed by atoms with Gasteiger partial charge in [-0.05, 0) is 54.1 Å². The third kappa shape index (κ3) is 6.47. The molecule has 2 aromatic heterocycles. The largest absolute Gasteiger partial charge is 0.497 e. The molecule has 0 aliphatic rings. The third-order valence-electron chi connectivity index (χ3n) is 5.39. The lowest BCUT2D eigenvalue weighted by Gasteiger charge is -2.15. The molecular formula is C27H26N4O5. The Morgan fingerprint density at radius 1 is 0.917 bits per heavy atom. The van der Waals surface area contributed by atoms with Gasteiger partial charge in [-0.15, -0.1) is 0 Å². The number of ether oxygens (including phenoxy) is 3. The van der Waals surface area contributed by atoms with Crippen LogP contribution in [0, 0.1) is 0 Å². The van der Waals surface area contributed by atoms with E-state index >= 15 is 0 Å². The quantitative estimate of drug-likeness (QED) is 0.321. The molecule has 0 saturated carbocycles. The predicted molar refractivity (Wildman–Crippen MR) is 134 cm³/mol. The van der Waals surface area contributed by atoms with Gasteiger partial charge in [-0.1, -0.05) is 6.07 Å². The van der Waals surface area contributed by atoms with Crippen LogP contribution in [0.5, 0.6) is 17.2 Å². The van der Waals surface area contributed by atoms with Crippen molar-refractivity contribution in [2.45, 2.75) is 19.1 Å². The molecule has 0 aliphatic heterocycles. The lowest BCUT2D eigenvalue weighted by atomic mass is 10.1. The molecule has 2 heterocycles. The first-order valence-corrected chi connectivity index (χ1v) is 11.2. The molecule has 0 unspecified atom stereocenters. The summed E-state index contributed by atoms with van der Waals surface area (Å²) in [5.41, 5.74) is 3.08. The van der Waals surface area contributed by atoms with E-state index < -0.39 is 12.0 Å². The highest BCUT2D eigenvalue weighted by Gasteiger charge is 2.19. The van der Waals surface area contributed by atoms with Crippen molar-refractivity contribution in [3.05, 3.63) is 90.5 Å². The van der Waals surface area contributed by atoms with E-state index in [4.69, 9.17) is 14.2 Å². The van der Waals surface area contributed by atoms with Crippen LogP contribution in [0.15, 0.2) is 79.3 Å². The summed E-state index contributed by atoms with van der Waals surface area (Å²) in [6.45, 7) is 0.349. The Morgan fingerprint density at radius 2 is 1.67 bits per heavy atom. The molecular weight excluding hydrogens is 460 g/mol. The second kappa shape index (κ2) is 11.7. The average Bonchev–Trinajstić information content (AvgIpc) is 2.92. The number of nitrogens with one attached hydrogen (secondary N) is 1. The summed E-state index contributed by atoms with van der Waals surface area (Å²) in [5, 5.41) is 12.6. The van der Waals surface area contributed by atoms with Crippen molar-refractivity contribution in [1.82, 2.24) is 15.0 Å². The highest BCUT2D eigenvalue weighted by molar-refractivity contribution is 5.77. The number of hydrogen-bond acceptors (Lipinski definition) is 8. The second-order valence-corrected chi connectivity index (χ2v) is 7.88. The molecule has 0 aliphatic carbocycles. The minimum atomic E-state index is -0.990. The van der Waals surface area contributed by atoms with Crippen molar-refractivity contribution in [2.75, 3.05) is 19.5 Å². The molecule has 2 aromatic carbocycles. The fraction of sp³-hybridized carbons (Fsp3) is 0.185. The van der Waals surface area contributed by atoms with Crippen LogP contribution in [0.4, 0.5) is 5.82 Å². The number of carboxylic acids is 1. The number of nitrogens with zero attached hydrogens (tertiary/aromatic N) is 3. The van der Waals surface area contributed by atoms with E-state index in [0.717, 1.165) is 11.1 Å². The van der Waals surface area contributed by atoms with Crippen molar-refractivity contribution < 1.29 is 24.1 Å². The molecule has 1 atom stereocenters. The maximum atomic E-state index is 11.8. The van der Waals surface area contributed by atoms with Gasteiger partial charge in [0.25, 0.3) is 0 Å². The molecule has 0 radical (unpaired) electrons. The maximum Gasteiger partial charge on any atom is 0.326 e. The number of methoxy groups -OCH3 is 2. The monoisotopic (exact) mass is 486 g/mol. The summed E-state index contributed by atoms with van der Waals surface area (Å²) in [7, 11) is 3.21. The Morgan fingerprint density at radius 3 is 2.31 bits per heavy atom. The minimum Gasteiger partial charge on any atom is -0.497 e. The highest BCUT2D eigenvalue weighted by Crippen LogP contribution is 2.25. The number of benzene rings is 2. The minimum absolute atomic E-state index is 0.223. The smallest absolute Gasteiger partial charge is 0.326 e. The van der Waals surface area contributed by atoms with E-state index in [1.54, 1.807) is 44.7 Å². The summed E-state index contributed by atoms with van der Waals surface area (Å²) in [4.78, 5) is 24.5. The van der Waals surface area contributed by atoms with Crippen LogP contribution in [-0.4, -0.2) is 46.3 Å². The number of pyridine rings is 1. The van der Waals surface area contributed by atoms with Crippen LogP contribution in [0.25, 0.3) is 11.3 Å². The standard InChI is InChI=1S/C27H26N4O5/c1-34-22-11-18(12-23(14-22)35-2)16-36-21-8-6-19(7-9-21)24-15-26(30-17-29-24)31-25(27(32)33)13-20-5-3-4-10-28-20/h3-12,14-15,17,25H,13,16H2,1-2H3,(H,32,33)(H,29,30,31)/t25-/m0/s1. The van der Waals surface area contributed by atoms with Crippen LogP contribution in [0.3, 0.4) is 0 Å². The first-order valence-electron chi connectivity index (χ1n) is 11.2. The van der Waals surface area contributed by atoms with Gasteiger partial charge >= 0.3 is 5.97 Å². The number of rotatable bonds is 11. The number of carboxylic acid groups (broad SMARTS) is 1. The summed E-state index contributed by atoms with van der Waals surface area (Å²) < 4.78 is 16.5. The summed E-state index contributed by atoms with van der Waals surface area (Å²) in [6, 6.07) is 19.3. The van der Waals surface area contributed by atoms with Crippen LogP contribution in [0.1, 0.15) is 11.3 Å². The van der Waals surface area contributed by atoms with Crippen molar-refractivity contribution in [1.29, 1.82) is 0 Å². The molecule has 0 spiro atoms. The number of aromatic nitrogens is 3. The number of anilines is 1. The third-order valence-corrected chi connectivity index (χ3v) is 5.39. The fourth-order valence-electron chi connectivity index (χ4n) is 3.54. The summed E-state index contributed by atoms with van der Waals surface area (Å²) >= 11 is 0. The van der Waals surface area contributed by atoms with Gasteiger partial charge in [-0.25, -0.2) is 14.8 Å². The number of aliphatic carboxylic acids is 1. The number of carbonyl (C=O) groups is 1. The van der Waals surface area contributed by atoms with Gasteiger partial charge in [0.05, 0.1) is 19.9 Å². The molecule has 184 valence electrons. The van der Waals surface area contributed by atoms with E-state index in [1.165, 1.54) is 6.33 Å². The normalized spacial score (nSPS) is 11.4. The van der Waals surface area contributed by atoms with Gasteiger partial charge in [0.2, 0.25) is 0 Å². The van der Waals surface area contributed by atoms with Gasteiger partial charge in [0.15, 0.2) is 0 Å². The van der Waals surface area contributed by atoms with E-state index in [9.17, 15) is 9.90 Å². The molecule has 2 N–H and O–H groups in total. The average molecular weight is 487 g/mol. The molecule has 36 heavy (non-hydrogen) atoms. The van der Waals surface area contributed by atoms with E-state index in [2.05, 4.69) is 20.3 Å². The molecule has 0 bridgehead atoms. The van der Waals surface area contributed by atoms with Crippen molar-refractivity contribution in [3.63, 3.8) is 0 Å². The van der Waals surface area contributed by atoms with Crippen LogP contribution < -0.4 is 19.5 Å². The maximum absolute atomic E-state index is 11.8. The molecule has 0 saturated heterocycles. The van der Waals surface area contributed by atoms with Crippen molar-refractivity contribution >= 4 is 11.8 Å². The molecule has 4 rings (SSSR count). The first-order chi connectivity index (χ1) is 17.5. The van der Waals surface area contributed by atoms with Crippen LogP contribution >= 0.6 is 0 Å². The predicted octanol–water partition coefficient (Wildman–Crippen LogP) is 4.24. The zero-order valence-electron chi connectivity index (χ0n) is 19.9. The van der Waals surface area contributed by atoms with Gasteiger partial charge in [0, 0.05) is 36.0 Å². The van der Waals surface area contributed by atoms with Crippen LogP contribution in [0.2, 0.25) is 0 Å². The van der Waals surface area contributed by atoms with Gasteiger partial charge in [-0.2, -0.15) is 0 Å². The second-order valence-electron chi connectivity index (χ2n) is 7.88. The zero-order valence-corrected chi connectivity index (χ0v) is 19.9. The Labute approximate surface area is 208 Å². The number of hydrogen-bond donors (Lipinski definition) is 2. The zero-order chi connectivity index (χ0) is 25.3. The SMILES string of the molecule is COc1cc(COc2ccc(-c3cc(N[C@@H](Cc4ccccn4)C(=O)O)ncn3)cc2)cc(OC)c1. The Kier molecular flexibility index (Phi) is 7.92. The molecule has 9 nitrogen and oxygen atoms in total. The van der Waals surface area contributed by atoms with E-state index in [0.29, 0.717) is 41.1 Å². The Hall–Kier alpha value is -4.66. The topological polar surface area (TPSA) is 116 Å². The van der Waals surface area contributed by atoms with Gasteiger partial charge in [-0.3, -0.25) is 4.98 Å². The Bertz CT molecular complexity index is 1280. The van der Waals surface area contributed by atoms with Crippen molar-refractivity contribution in [2.24, 2.45) is 0 Å². The first kappa shape index (κ1) is 24.5. The van der Waals surface area contributed by atoms with E-state index in [-0.39, 0.29) is 6.42 Å². The van der Waals surface area contributed by atoms with E-state index in [1.807, 2.05) is 42.5 Å². The lowest BCUT2D eigenvalue weighted by molar-refractivity contribution is -0.137. The summed E-state index contributed by atoms with van der Waals surface area (Å²) in [6.07, 6.45) is 3.26. The summed E-state index contributed by atoms with van der Waals surface area (Å²) in [5.74, 6) is 1.50. The molecule has 4 aromatic rings. The fourth-order valence-corrected chi connectivity index (χ4v) is 3.54. The Balaban J connectivity index is 1.42. The molecule has 9 heteroatoms. The lowest BCUT2D eigenvalue weighted by Crippen LogP contribution is -2.32.